The number of anilines is 3. The third-order valence-corrected chi connectivity index (χ3v) is 10.0. The number of fused-ring (bicyclic) bond motifs is 3. The molecule has 0 radical (unpaired) electrons. The zero-order chi connectivity index (χ0) is 33.0. The largest absolute Gasteiger partial charge is 0.456 e. The Morgan fingerprint density at radius 1 is 0.340 bits per heavy atom. The van der Waals surface area contributed by atoms with Crippen LogP contribution in [0.4, 0.5) is 17.1 Å². The van der Waals surface area contributed by atoms with E-state index in [0.717, 1.165) is 39.0 Å². The van der Waals surface area contributed by atoms with Gasteiger partial charge in [0.25, 0.3) is 0 Å². The van der Waals surface area contributed by atoms with Crippen LogP contribution in [0.15, 0.2) is 180 Å². The van der Waals surface area contributed by atoms with Crippen LogP contribution in [-0.2, 0) is 0 Å². The van der Waals surface area contributed by atoms with Gasteiger partial charge in [-0.3, -0.25) is 0 Å². The molecule has 0 amide bonds. The number of benzene rings is 8. The van der Waals surface area contributed by atoms with Gasteiger partial charge in [-0.1, -0.05) is 140 Å². The fourth-order valence-electron chi connectivity index (χ4n) is 7.63. The minimum absolute atomic E-state index is 0.889. The van der Waals surface area contributed by atoms with Crippen molar-refractivity contribution in [3.63, 3.8) is 0 Å². The van der Waals surface area contributed by atoms with E-state index in [4.69, 9.17) is 4.42 Å². The Hall–Kier alpha value is -6.64. The lowest BCUT2D eigenvalue weighted by Gasteiger charge is -2.26. The van der Waals surface area contributed by atoms with Crippen LogP contribution in [0, 0.1) is 0 Å². The van der Waals surface area contributed by atoms with Gasteiger partial charge in [-0.2, -0.15) is 0 Å². The highest BCUT2D eigenvalue weighted by molar-refractivity contribution is 6.16. The number of rotatable bonds is 6. The molecule has 10 rings (SSSR count). The molecule has 0 atom stereocenters. The predicted molar refractivity (Wildman–Crippen MR) is 211 cm³/mol. The molecule has 2 nitrogen and oxygen atoms in total. The summed E-state index contributed by atoms with van der Waals surface area (Å²) in [6.07, 6.45) is 4.47. The van der Waals surface area contributed by atoms with E-state index in [1.807, 2.05) is 12.1 Å². The molecule has 1 aliphatic rings. The molecule has 50 heavy (non-hydrogen) atoms. The molecule has 0 bridgehead atoms. The summed E-state index contributed by atoms with van der Waals surface area (Å²) in [6.45, 7) is 0. The lowest BCUT2D eigenvalue weighted by atomic mass is 9.89. The average Bonchev–Trinajstić information content (AvgIpc) is 3.78. The van der Waals surface area contributed by atoms with Gasteiger partial charge in [0.05, 0.1) is 0 Å². The standard InChI is InChI=1S/C48H31NO/c1-3-9-32(10-4-1)33-17-23-38(24-18-33)49(40-27-30-46-44(31-40)43-13-7-8-14-45(43)50-46)39-25-19-35(20-26-39)42-29-22-37-16-15-36-21-28-41(48(42)47(36)37)34-11-5-2-6-12-34/h1-31H. The van der Waals surface area contributed by atoms with Gasteiger partial charge in [-0.25, -0.2) is 0 Å². The van der Waals surface area contributed by atoms with Gasteiger partial charge in [0, 0.05) is 27.8 Å². The fraction of sp³-hybridized carbons (Fsp3) is 0. The molecule has 1 aliphatic carbocycles. The second-order valence-corrected chi connectivity index (χ2v) is 12.9. The summed E-state index contributed by atoms with van der Waals surface area (Å²) < 4.78 is 6.20. The highest BCUT2D eigenvalue weighted by Crippen LogP contribution is 2.44. The van der Waals surface area contributed by atoms with E-state index in [1.165, 1.54) is 55.3 Å². The maximum Gasteiger partial charge on any atom is 0.135 e. The minimum atomic E-state index is 0.889. The average molecular weight is 638 g/mol. The zero-order valence-corrected chi connectivity index (χ0v) is 27.3. The third-order valence-electron chi connectivity index (χ3n) is 10.0. The normalized spacial score (nSPS) is 11.9. The molecule has 1 aromatic heterocycles. The molecule has 8 aromatic carbocycles. The Labute approximate surface area is 290 Å². The number of hydrogen-bond donors (Lipinski definition) is 0. The molecule has 234 valence electrons. The smallest absolute Gasteiger partial charge is 0.135 e. The van der Waals surface area contributed by atoms with E-state index >= 15 is 0 Å². The van der Waals surface area contributed by atoms with Crippen molar-refractivity contribution in [3.8, 4) is 33.4 Å². The van der Waals surface area contributed by atoms with Crippen LogP contribution in [0.3, 0.4) is 0 Å². The van der Waals surface area contributed by atoms with Gasteiger partial charge < -0.3 is 9.32 Å². The number of nitrogens with zero attached hydrogens (tertiary/aromatic N) is 1. The molecule has 0 N–H and O–H groups in total. The first-order valence-corrected chi connectivity index (χ1v) is 17.1. The second kappa shape index (κ2) is 11.5. The summed E-state index contributed by atoms with van der Waals surface area (Å²) in [5.41, 5.74) is 14.9. The van der Waals surface area contributed by atoms with Crippen molar-refractivity contribution in [2.75, 3.05) is 4.90 Å². The van der Waals surface area contributed by atoms with Crippen molar-refractivity contribution in [1.82, 2.24) is 0 Å². The van der Waals surface area contributed by atoms with E-state index in [2.05, 4.69) is 181 Å². The lowest BCUT2D eigenvalue weighted by molar-refractivity contribution is 0.669. The number of hydrogen-bond acceptors (Lipinski definition) is 2. The van der Waals surface area contributed by atoms with Crippen LogP contribution in [0.25, 0.3) is 78.2 Å². The minimum Gasteiger partial charge on any atom is -0.456 e. The molecule has 0 unspecified atom stereocenters. The van der Waals surface area contributed by atoms with E-state index in [0.29, 0.717) is 0 Å². The summed E-state index contributed by atoms with van der Waals surface area (Å²) in [7, 11) is 0. The van der Waals surface area contributed by atoms with Crippen molar-refractivity contribution >= 4 is 61.9 Å². The van der Waals surface area contributed by atoms with Gasteiger partial charge in [0.1, 0.15) is 11.2 Å². The molecule has 9 aromatic rings. The van der Waals surface area contributed by atoms with E-state index in [-0.39, 0.29) is 0 Å². The Morgan fingerprint density at radius 3 is 1.50 bits per heavy atom. The second-order valence-electron chi connectivity index (χ2n) is 12.9. The highest BCUT2D eigenvalue weighted by Gasteiger charge is 2.19. The summed E-state index contributed by atoms with van der Waals surface area (Å²) in [5, 5.41) is 4.86. The first kappa shape index (κ1) is 28.4. The first-order chi connectivity index (χ1) is 24.8. The van der Waals surface area contributed by atoms with Gasteiger partial charge in [-0.15, -0.1) is 0 Å². The van der Waals surface area contributed by atoms with Crippen LogP contribution < -0.4 is 4.90 Å². The van der Waals surface area contributed by atoms with Gasteiger partial charge in [0.2, 0.25) is 0 Å². The van der Waals surface area contributed by atoms with E-state index < -0.39 is 0 Å². The van der Waals surface area contributed by atoms with Crippen molar-refractivity contribution in [1.29, 1.82) is 0 Å². The molecule has 0 saturated carbocycles. The van der Waals surface area contributed by atoms with Crippen LogP contribution in [0.1, 0.15) is 11.1 Å². The molecule has 0 saturated heterocycles. The van der Waals surface area contributed by atoms with Crippen LogP contribution in [0.2, 0.25) is 0 Å². The van der Waals surface area contributed by atoms with E-state index in [9.17, 15) is 0 Å². The maximum absolute atomic E-state index is 6.20. The van der Waals surface area contributed by atoms with Crippen LogP contribution in [-0.4, -0.2) is 0 Å². The Bertz CT molecular complexity index is 2710. The summed E-state index contributed by atoms with van der Waals surface area (Å²) >= 11 is 0. The number of furan rings is 1. The van der Waals surface area contributed by atoms with Crippen molar-refractivity contribution in [2.24, 2.45) is 0 Å². The quantitative estimate of drug-likeness (QED) is 0.180. The summed E-state index contributed by atoms with van der Waals surface area (Å²) in [6, 6.07) is 63.0. The van der Waals surface area contributed by atoms with Gasteiger partial charge in [0.15, 0.2) is 0 Å². The Kier molecular flexibility index (Phi) is 6.53. The van der Waals surface area contributed by atoms with Crippen LogP contribution >= 0.6 is 0 Å². The fourth-order valence-corrected chi connectivity index (χ4v) is 7.63. The Balaban J connectivity index is 1.12. The lowest BCUT2D eigenvalue weighted by Crippen LogP contribution is -2.09. The molecule has 2 heteroatoms. The molecule has 0 fully saturated rings. The van der Waals surface area contributed by atoms with Gasteiger partial charge >= 0.3 is 0 Å². The molecular weight excluding hydrogens is 607 g/mol. The zero-order valence-electron chi connectivity index (χ0n) is 27.3. The third kappa shape index (κ3) is 4.65. The van der Waals surface area contributed by atoms with Crippen molar-refractivity contribution in [2.45, 2.75) is 0 Å². The summed E-state index contributed by atoms with van der Waals surface area (Å²) in [4.78, 5) is 2.34. The molecular formula is C48H31NO. The first-order valence-electron chi connectivity index (χ1n) is 17.1. The van der Waals surface area contributed by atoms with Crippen molar-refractivity contribution in [3.05, 3.63) is 187 Å². The maximum atomic E-state index is 6.20. The van der Waals surface area contributed by atoms with E-state index in [1.54, 1.807) is 0 Å². The highest BCUT2D eigenvalue weighted by atomic mass is 16.3. The van der Waals surface area contributed by atoms with Gasteiger partial charge in [-0.05, 0) is 104 Å². The van der Waals surface area contributed by atoms with Crippen molar-refractivity contribution < 1.29 is 4.42 Å². The summed E-state index contributed by atoms with van der Waals surface area (Å²) in [5.74, 6) is 0. The SMILES string of the molecule is C1=Cc2ccc(-c3ccc(N(c4ccc(-c5ccccc5)cc4)c4ccc5oc6ccccc6c5c4)cc3)c3c(-c4ccccc4)ccc1c23. The number of para-hydroxylation sites is 1. The Morgan fingerprint density at radius 2 is 0.840 bits per heavy atom. The predicted octanol–water partition coefficient (Wildman–Crippen LogP) is 13.7. The molecule has 0 spiro atoms. The topological polar surface area (TPSA) is 16.4 Å². The van der Waals surface area contributed by atoms with Crippen LogP contribution in [0.5, 0.6) is 0 Å². The molecule has 0 aliphatic heterocycles. The monoisotopic (exact) mass is 637 g/mol. The molecule has 1 heterocycles.